The van der Waals surface area contributed by atoms with Crippen molar-refractivity contribution in [1.82, 2.24) is 9.03 Å². The molecule has 1 N–H and O–H groups in total. The average molecular weight is 289 g/mol. The van der Waals surface area contributed by atoms with E-state index in [0.29, 0.717) is 31.1 Å². The zero-order valence-corrected chi connectivity index (χ0v) is 11.7. The molecule has 0 spiro atoms. The molecule has 0 atom stereocenters. The lowest BCUT2D eigenvalue weighted by atomic mass is 10.2. The van der Waals surface area contributed by atoms with Gasteiger partial charge in [-0.3, -0.25) is 0 Å². The minimum absolute atomic E-state index is 0.417. The van der Waals surface area contributed by atoms with Crippen LogP contribution in [-0.4, -0.2) is 32.4 Å². The van der Waals surface area contributed by atoms with Crippen LogP contribution in [0.2, 0.25) is 5.02 Å². The Labute approximate surface area is 113 Å². The Morgan fingerprint density at radius 3 is 2.39 bits per heavy atom. The van der Waals surface area contributed by atoms with E-state index >= 15 is 0 Å². The predicted molar refractivity (Wildman–Crippen MR) is 72.9 cm³/mol. The number of rotatable bonds is 5. The summed E-state index contributed by atoms with van der Waals surface area (Å²) in [6.07, 6.45) is 2.58. The van der Waals surface area contributed by atoms with Gasteiger partial charge in [0.1, 0.15) is 0 Å². The van der Waals surface area contributed by atoms with Crippen LogP contribution in [0, 0.1) is 0 Å². The Bertz CT molecular complexity index is 481. The molecule has 2 rings (SSSR count). The maximum Gasteiger partial charge on any atom is 0.279 e. The van der Waals surface area contributed by atoms with Crippen molar-refractivity contribution in [3.8, 4) is 0 Å². The third-order valence-corrected chi connectivity index (χ3v) is 4.88. The molecule has 0 bridgehead atoms. The fraction of sp³-hybridized carbons (Fsp3) is 0.500. The number of nitrogens with zero attached hydrogens (tertiary/aromatic N) is 1. The van der Waals surface area contributed by atoms with Crippen molar-refractivity contribution in [2.24, 2.45) is 0 Å². The quantitative estimate of drug-likeness (QED) is 0.898. The van der Waals surface area contributed by atoms with E-state index in [9.17, 15) is 8.42 Å². The molecule has 1 aromatic rings. The van der Waals surface area contributed by atoms with E-state index < -0.39 is 10.2 Å². The number of halogens is 1. The lowest BCUT2D eigenvalue weighted by Gasteiger charge is -2.15. The van der Waals surface area contributed by atoms with E-state index in [1.165, 1.54) is 4.31 Å². The van der Waals surface area contributed by atoms with Crippen molar-refractivity contribution in [1.29, 1.82) is 0 Å². The molecule has 1 aromatic carbocycles. The second kappa shape index (κ2) is 6.02. The summed E-state index contributed by atoms with van der Waals surface area (Å²) in [5, 5.41) is 0.691. The molecule has 0 amide bonds. The minimum Gasteiger partial charge on any atom is -0.202 e. The number of hydrogen-bond donors (Lipinski definition) is 1. The van der Waals surface area contributed by atoms with Gasteiger partial charge in [-0.2, -0.15) is 12.7 Å². The Morgan fingerprint density at radius 1 is 1.17 bits per heavy atom. The van der Waals surface area contributed by atoms with Crippen LogP contribution < -0.4 is 4.72 Å². The van der Waals surface area contributed by atoms with Crippen molar-refractivity contribution in [2.75, 3.05) is 19.6 Å². The smallest absolute Gasteiger partial charge is 0.202 e. The monoisotopic (exact) mass is 288 g/mol. The van der Waals surface area contributed by atoms with Gasteiger partial charge in [-0.05, 0) is 37.0 Å². The van der Waals surface area contributed by atoms with E-state index in [1.54, 1.807) is 0 Å². The summed E-state index contributed by atoms with van der Waals surface area (Å²) >= 11 is 5.79. The molecule has 0 aliphatic carbocycles. The maximum atomic E-state index is 11.9. The summed E-state index contributed by atoms with van der Waals surface area (Å²) in [5.74, 6) is 0. The summed E-state index contributed by atoms with van der Waals surface area (Å²) < 4.78 is 27.9. The second-order valence-corrected chi connectivity index (χ2v) is 6.57. The molecule has 0 aromatic heterocycles. The molecule has 100 valence electrons. The van der Waals surface area contributed by atoms with Crippen molar-refractivity contribution in [3.05, 3.63) is 34.9 Å². The lowest BCUT2D eigenvalue weighted by Crippen LogP contribution is -2.39. The SMILES string of the molecule is O=S(=O)(NCCc1ccc(Cl)cc1)N1CCCC1. The van der Waals surface area contributed by atoms with Gasteiger partial charge < -0.3 is 0 Å². The van der Waals surface area contributed by atoms with Crippen molar-refractivity contribution in [3.63, 3.8) is 0 Å². The standard InChI is InChI=1S/C12H17ClN2O2S/c13-12-5-3-11(4-6-12)7-8-14-18(16,17)15-9-1-2-10-15/h3-6,14H,1-2,7-10H2. The number of hydrogen-bond acceptors (Lipinski definition) is 2. The van der Waals surface area contributed by atoms with Crippen LogP contribution in [-0.2, 0) is 16.6 Å². The van der Waals surface area contributed by atoms with Gasteiger partial charge >= 0.3 is 0 Å². The van der Waals surface area contributed by atoms with Crippen LogP contribution in [0.25, 0.3) is 0 Å². The van der Waals surface area contributed by atoms with Gasteiger partial charge in [0.2, 0.25) is 0 Å². The highest BCUT2D eigenvalue weighted by molar-refractivity contribution is 7.87. The highest BCUT2D eigenvalue weighted by Crippen LogP contribution is 2.12. The van der Waals surface area contributed by atoms with Gasteiger partial charge in [0.25, 0.3) is 10.2 Å². The van der Waals surface area contributed by atoms with Gasteiger partial charge in [-0.1, -0.05) is 23.7 Å². The van der Waals surface area contributed by atoms with Gasteiger partial charge in [0.15, 0.2) is 0 Å². The summed E-state index contributed by atoms with van der Waals surface area (Å²) in [7, 11) is -3.28. The summed E-state index contributed by atoms with van der Waals surface area (Å²) in [4.78, 5) is 0. The van der Waals surface area contributed by atoms with Crippen molar-refractivity contribution in [2.45, 2.75) is 19.3 Å². The first-order chi connectivity index (χ1) is 8.58. The topological polar surface area (TPSA) is 49.4 Å². The van der Waals surface area contributed by atoms with Gasteiger partial charge in [0, 0.05) is 24.7 Å². The minimum atomic E-state index is -3.28. The average Bonchev–Trinajstić information content (AvgIpc) is 2.86. The van der Waals surface area contributed by atoms with Gasteiger partial charge in [-0.25, -0.2) is 4.72 Å². The molecule has 1 fully saturated rings. The third kappa shape index (κ3) is 3.68. The summed E-state index contributed by atoms with van der Waals surface area (Å²) in [6.45, 7) is 1.69. The van der Waals surface area contributed by atoms with E-state index in [4.69, 9.17) is 11.6 Å². The molecular weight excluding hydrogens is 272 g/mol. The van der Waals surface area contributed by atoms with Crippen LogP contribution in [0.4, 0.5) is 0 Å². The first-order valence-electron chi connectivity index (χ1n) is 6.07. The van der Waals surface area contributed by atoms with E-state index in [-0.39, 0.29) is 0 Å². The summed E-state index contributed by atoms with van der Waals surface area (Å²) in [6, 6.07) is 7.44. The first-order valence-corrected chi connectivity index (χ1v) is 7.89. The second-order valence-electron chi connectivity index (χ2n) is 4.38. The molecule has 1 aliphatic rings. The number of nitrogens with one attached hydrogen (secondary N) is 1. The van der Waals surface area contributed by atoms with Gasteiger partial charge in [-0.15, -0.1) is 0 Å². The van der Waals surface area contributed by atoms with Crippen molar-refractivity contribution < 1.29 is 8.42 Å². The van der Waals surface area contributed by atoms with Crippen LogP contribution >= 0.6 is 11.6 Å². The maximum absolute atomic E-state index is 11.9. The van der Waals surface area contributed by atoms with E-state index in [2.05, 4.69) is 4.72 Å². The fourth-order valence-electron chi connectivity index (χ4n) is 2.00. The van der Waals surface area contributed by atoms with Crippen LogP contribution in [0.3, 0.4) is 0 Å². The highest BCUT2D eigenvalue weighted by Gasteiger charge is 2.24. The predicted octanol–water partition coefficient (Wildman–Crippen LogP) is 1.81. The third-order valence-electron chi connectivity index (χ3n) is 3.02. The largest absolute Gasteiger partial charge is 0.279 e. The Morgan fingerprint density at radius 2 is 1.78 bits per heavy atom. The zero-order valence-electron chi connectivity index (χ0n) is 10.1. The van der Waals surface area contributed by atoms with Crippen LogP contribution in [0.1, 0.15) is 18.4 Å². The molecule has 1 saturated heterocycles. The first kappa shape index (κ1) is 13.8. The highest BCUT2D eigenvalue weighted by atomic mass is 35.5. The van der Waals surface area contributed by atoms with Crippen molar-refractivity contribution >= 4 is 21.8 Å². The van der Waals surface area contributed by atoms with Crippen LogP contribution in [0.5, 0.6) is 0 Å². The molecule has 1 heterocycles. The molecular formula is C12H17ClN2O2S. The van der Waals surface area contributed by atoms with E-state index in [1.807, 2.05) is 24.3 Å². The fourth-order valence-corrected chi connectivity index (χ4v) is 3.40. The molecule has 4 nitrogen and oxygen atoms in total. The van der Waals surface area contributed by atoms with Gasteiger partial charge in [0.05, 0.1) is 0 Å². The summed E-state index contributed by atoms with van der Waals surface area (Å²) in [5.41, 5.74) is 1.07. The normalized spacial score (nSPS) is 17.2. The molecule has 6 heteroatoms. The molecule has 0 saturated carbocycles. The lowest BCUT2D eigenvalue weighted by molar-refractivity contribution is 0.465. The molecule has 18 heavy (non-hydrogen) atoms. The van der Waals surface area contributed by atoms with Crippen LogP contribution in [0.15, 0.2) is 24.3 Å². The molecule has 0 radical (unpaired) electrons. The zero-order chi connectivity index (χ0) is 13.0. The Kier molecular flexibility index (Phi) is 4.61. The Hall–Kier alpha value is -0.620. The molecule has 1 aliphatic heterocycles. The molecule has 0 unspecified atom stereocenters. The Balaban J connectivity index is 1.82. The van der Waals surface area contributed by atoms with E-state index in [0.717, 1.165) is 18.4 Å². The number of benzene rings is 1.